The van der Waals surface area contributed by atoms with E-state index in [1.165, 1.54) is 18.2 Å². The van der Waals surface area contributed by atoms with E-state index < -0.39 is 33.3 Å². The van der Waals surface area contributed by atoms with Gasteiger partial charge in [-0.3, -0.25) is 24.8 Å². The zero-order chi connectivity index (χ0) is 35.5. The molecule has 1 atom stereocenters. The summed E-state index contributed by atoms with van der Waals surface area (Å²) in [7, 11) is -3.48. The number of hydrogen-bond donors (Lipinski definition) is 3. The van der Waals surface area contributed by atoms with Crippen molar-refractivity contribution < 1.29 is 31.2 Å². The third kappa shape index (κ3) is 8.55. The lowest BCUT2D eigenvalue weighted by atomic mass is 9.93. The molecule has 3 N–H and O–H groups in total. The third-order valence-corrected chi connectivity index (χ3v) is 9.70. The Kier molecular flexibility index (Phi) is 10.0. The predicted molar refractivity (Wildman–Crippen MR) is 180 cm³/mol. The Bertz CT molecular complexity index is 1990. The number of piperidine rings is 1. The van der Waals surface area contributed by atoms with Crippen LogP contribution in [0.3, 0.4) is 0 Å². The van der Waals surface area contributed by atoms with Crippen molar-refractivity contribution in [2.75, 3.05) is 48.0 Å². The minimum absolute atomic E-state index is 0.0383. The van der Waals surface area contributed by atoms with Gasteiger partial charge in [-0.05, 0) is 66.1 Å². The van der Waals surface area contributed by atoms with Crippen molar-refractivity contribution in [3.63, 3.8) is 0 Å². The molecule has 2 fully saturated rings. The van der Waals surface area contributed by atoms with Gasteiger partial charge in [0.05, 0.1) is 16.5 Å². The topological polar surface area (TPSA) is 150 Å². The Hall–Kier alpha value is -5.09. The number of nitrogens with one attached hydrogen (secondary N) is 3. The Morgan fingerprint density at radius 3 is 2.42 bits per heavy atom. The highest BCUT2D eigenvalue weighted by Crippen LogP contribution is 2.34. The minimum Gasteiger partial charge on any atom is -0.369 e. The number of imide groups is 1. The molecule has 2 saturated heterocycles. The molecule has 0 bridgehead atoms. The molecular formula is C34H35F3N8O4S. The molecule has 0 saturated carbocycles. The monoisotopic (exact) mass is 708 g/mol. The first-order valence-electron chi connectivity index (χ1n) is 15.9. The molecule has 0 radical (unpaired) electrons. The molecule has 2 aromatic carbocycles. The van der Waals surface area contributed by atoms with Crippen molar-refractivity contribution in [2.45, 2.75) is 42.9 Å². The molecule has 1 unspecified atom stereocenters. The van der Waals surface area contributed by atoms with Gasteiger partial charge in [0, 0.05) is 75.7 Å². The van der Waals surface area contributed by atoms with Crippen LogP contribution in [-0.2, 0) is 38.7 Å². The number of hydrogen-bond acceptors (Lipinski definition) is 11. The van der Waals surface area contributed by atoms with Crippen LogP contribution in [0.15, 0.2) is 78.0 Å². The van der Waals surface area contributed by atoms with Gasteiger partial charge in [-0.1, -0.05) is 12.1 Å². The minimum atomic E-state index is -4.71. The molecule has 262 valence electrons. The Morgan fingerprint density at radius 2 is 1.72 bits per heavy atom. The highest BCUT2D eigenvalue weighted by Gasteiger charge is 2.35. The van der Waals surface area contributed by atoms with Crippen LogP contribution in [0.5, 0.6) is 0 Å². The molecule has 2 amide bonds. The van der Waals surface area contributed by atoms with E-state index in [0.717, 1.165) is 43.7 Å². The predicted octanol–water partition coefficient (Wildman–Crippen LogP) is 4.49. The number of nitrogens with zero attached hydrogens (tertiary/aromatic N) is 5. The first kappa shape index (κ1) is 34.8. The maximum atomic E-state index is 13.8. The Balaban J connectivity index is 1.05. The molecule has 0 spiro atoms. The van der Waals surface area contributed by atoms with Crippen LogP contribution in [0.2, 0.25) is 0 Å². The van der Waals surface area contributed by atoms with Crippen LogP contribution in [0, 0.1) is 0 Å². The van der Waals surface area contributed by atoms with Crippen LogP contribution >= 0.6 is 0 Å². The van der Waals surface area contributed by atoms with Crippen molar-refractivity contribution in [3.05, 3.63) is 95.4 Å². The number of halogens is 3. The molecule has 50 heavy (non-hydrogen) atoms. The standard InChI is InChI=1S/C34H35F3N8O4S/c1-50(48,49)26-4-2-3-22(17-26)19-39-31-28(34(35,36)37)20-40-33(43-31)41-24-5-7-25(8-6-24)45-15-13-44(14-16-45)21-23-11-12-38-29(18-23)27-9-10-30(46)42-32(27)47/h2-8,11-12,17-18,20,27H,9-10,13-16,19,21H2,1H3,(H,42,46,47)(H2,39,40,41,43). The summed E-state index contributed by atoms with van der Waals surface area (Å²) in [5.74, 6) is -1.46. The SMILES string of the molecule is CS(=O)(=O)c1cccc(CNc2nc(Nc3ccc(N4CCN(Cc5ccnc(C6CCC(=O)NC6=O)c5)CC4)cc3)ncc2C(F)(F)F)c1. The number of rotatable bonds is 10. The second-order valence-corrected chi connectivity index (χ2v) is 14.3. The molecule has 6 rings (SSSR count). The number of carbonyl (C=O) groups excluding carboxylic acids is 2. The summed E-state index contributed by atoms with van der Waals surface area (Å²) in [5, 5.41) is 8.04. The van der Waals surface area contributed by atoms with Crippen LogP contribution in [0.1, 0.15) is 41.1 Å². The van der Waals surface area contributed by atoms with E-state index in [4.69, 9.17) is 0 Å². The van der Waals surface area contributed by atoms with E-state index in [0.29, 0.717) is 42.5 Å². The van der Waals surface area contributed by atoms with Gasteiger partial charge in [-0.15, -0.1) is 0 Å². The van der Waals surface area contributed by atoms with Crippen molar-refractivity contribution in [1.29, 1.82) is 0 Å². The lowest BCUT2D eigenvalue weighted by Crippen LogP contribution is -2.46. The highest BCUT2D eigenvalue weighted by atomic mass is 32.2. The lowest BCUT2D eigenvalue weighted by Gasteiger charge is -2.36. The Morgan fingerprint density at radius 1 is 0.960 bits per heavy atom. The summed E-state index contributed by atoms with van der Waals surface area (Å²) in [6.45, 7) is 3.80. The third-order valence-electron chi connectivity index (χ3n) is 8.59. The number of anilines is 4. The van der Waals surface area contributed by atoms with Crippen LogP contribution in [0.4, 0.5) is 36.3 Å². The van der Waals surface area contributed by atoms with Crippen LogP contribution in [-0.4, -0.2) is 72.5 Å². The van der Waals surface area contributed by atoms with E-state index in [-0.39, 0.29) is 29.2 Å². The number of pyridine rings is 1. The van der Waals surface area contributed by atoms with Crippen molar-refractivity contribution in [1.82, 2.24) is 25.2 Å². The fourth-order valence-corrected chi connectivity index (χ4v) is 6.61. The van der Waals surface area contributed by atoms with E-state index in [9.17, 15) is 31.2 Å². The first-order chi connectivity index (χ1) is 23.8. The zero-order valence-electron chi connectivity index (χ0n) is 27.1. The lowest BCUT2D eigenvalue weighted by molar-refractivity contribution is -0.137. The molecule has 2 aliphatic heterocycles. The Labute approximate surface area is 287 Å². The molecule has 16 heteroatoms. The van der Waals surface area contributed by atoms with Gasteiger partial charge < -0.3 is 15.5 Å². The van der Waals surface area contributed by atoms with Crippen LogP contribution < -0.4 is 20.9 Å². The molecule has 2 aromatic heterocycles. The maximum Gasteiger partial charge on any atom is 0.421 e. The van der Waals surface area contributed by atoms with Crippen molar-refractivity contribution in [3.8, 4) is 0 Å². The smallest absolute Gasteiger partial charge is 0.369 e. The molecule has 4 heterocycles. The average molecular weight is 709 g/mol. The summed E-state index contributed by atoms with van der Waals surface area (Å²) in [6, 6.07) is 17.3. The second kappa shape index (κ2) is 14.4. The summed E-state index contributed by atoms with van der Waals surface area (Å²) < 4.78 is 65.1. The van der Waals surface area contributed by atoms with E-state index in [2.05, 4.69) is 40.7 Å². The molecule has 2 aliphatic rings. The van der Waals surface area contributed by atoms with E-state index in [1.54, 1.807) is 24.4 Å². The number of alkyl halides is 3. The molecule has 4 aromatic rings. The van der Waals surface area contributed by atoms with Gasteiger partial charge in [0.2, 0.25) is 17.8 Å². The molecular weight excluding hydrogens is 673 g/mol. The van der Waals surface area contributed by atoms with Crippen LogP contribution in [0.25, 0.3) is 0 Å². The van der Waals surface area contributed by atoms with Gasteiger partial charge >= 0.3 is 6.18 Å². The zero-order valence-corrected chi connectivity index (χ0v) is 27.9. The van der Waals surface area contributed by atoms with Gasteiger partial charge in [0.15, 0.2) is 9.84 Å². The van der Waals surface area contributed by atoms with Gasteiger partial charge in [-0.2, -0.15) is 18.2 Å². The average Bonchev–Trinajstić information content (AvgIpc) is 3.07. The van der Waals surface area contributed by atoms with Crippen molar-refractivity contribution >= 4 is 44.8 Å². The summed E-state index contributed by atoms with van der Waals surface area (Å²) in [6.07, 6.45) is -0.481. The number of aromatic nitrogens is 3. The number of carbonyl (C=O) groups is 2. The molecule has 0 aliphatic carbocycles. The number of benzene rings is 2. The van der Waals surface area contributed by atoms with E-state index in [1.807, 2.05) is 24.3 Å². The molecule has 12 nitrogen and oxygen atoms in total. The number of sulfone groups is 1. The van der Waals surface area contributed by atoms with Gasteiger partial charge in [0.1, 0.15) is 11.4 Å². The fourth-order valence-electron chi connectivity index (χ4n) is 5.92. The first-order valence-corrected chi connectivity index (χ1v) is 17.8. The normalized spacial score (nSPS) is 17.4. The van der Waals surface area contributed by atoms with Crippen molar-refractivity contribution in [2.24, 2.45) is 0 Å². The quantitative estimate of drug-likeness (QED) is 0.200. The van der Waals surface area contributed by atoms with Gasteiger partial charge in [-0.25, -0.2) is 13.4 Å². The van der Waals surface area contributed by atoms with E-state index >= 15 is 0 Å². The number of amides is 2. The largest absolute Gasteiger partial charge is 0.421 e. The number of piperazine rings is 1. The summed E-state index contributed by atoms with van der Waals surface area (Å²) in [4.78, 5) is 40.8. The second-order valence-electron chi connectivity index (χ2n) is 12.3. The van der Waals surface area contributed by atoms with Gasteiger partial charge in [0.25, 0.3) is 0 Å². The summed E-state index contributed by atoms with van der Waals surface area (Å²) in [5.41, 5.74) is 2.73. The fraction of sp³-hybridized carbons (Fsp3) is 0.324. The highest BCUT2D eigenvalue weighted by molar-refractivity contribution is 7.90. The summed E-state index contributed by atoms with van der Waals surface area (Å²) >= 11 is 0. The maximum absolute atomic E-state index is 13.8.